The zero-order chi connectivity index (χ0) is 7.40. The van der Waals surface area contributed by atoms with Gasteiger partial charge in [-0.15, -0.1) is 0 Å². The monoisotopic (exact) mass is 140 g/mol. The fourth-order valence-corrected chi connectivity index (χ4v) is 1.93. The smallest absolute Gasteiger partial charge is 0.0957 e. The van der Waals surface area contributed by atoms with Crippen LogP contribution in [-0.2, 0) is 0 Å². The summed E-state index contributed by atoms with van der Waals surface area (Å²) in [6.07, 6.45) is 6.23. The second-order valence-corrected chi connectivity index (χ2v) is 3.15. The summed E-state index contributed by atoms with van der Waals surface area (Å²) in [6.45, 7) is 8.59. The number of quaternary nitrogens is 1. The molecule has 1 rings (SSSR count). The predicted octanol–water partition coefficient (Wildman–Crippen LogP) is 0.630. The summed E-state index contributed by atoms with van der Waals surface area (Å²) in [4.78, 5) is 1.75. The van der Waals surface area contributed by atoms with Crippen LogP contribution in [0.4, 0.5) is 0 Å². The molecule has 1 aliphatic rings. The summed E-state index contributed by atoms with van der Waals surface area (Å²) < 4.78 is 0. The summed E-state index contributed by atoms with van der Waals surface area (Å²) in [5, 5.41) is 0. The molecule has 1 aliphatic heterocycles. The lowest BCUT2D eigenvalue weighted by atomic mass is 10.2. The fraction of sp³-hybridized carbons (Fsp3) is 0.778. The van der Waals surface area contributed by atoms with Crippen molar-refractivity contribution in [1.29, 1.82) is 0 Å². The van der Waals surface area contributed by atoms with Crippen LogP contribution < -0.4 is 4.90 Å². The lowest BCUT2D eigenvalue weighted by molar-refractivity contribution is -0.906. The van der Waals surface area contributed by atoms with Crippen molar-refractivity contribution in [3.05, 3.63) is 12.7 Å². The van der Waals surface area contributed by atoms with E-state index in [1.807, 2.05) is 6.08 Å². The molecule has 1 fully saturated rings. The van der Waals surface area contributed by atoms with Gasteiger partial charge in [0.2, 0.25) is 0 Å². The molecular weight excluding hydrogens is 122 g/mol. The molecule has 0 aliphatic carbocycles. The van der Waals surface area contributed by atoms with Gasteiger partial charge >= 0.3 is 0 Å². The minimum absolute atomic E-state index is 0.929. The van der Waals surface area contributed by atoms with Crippen LogP contribution in [0.15, 0.2) is 12.7 Å². The first kappa shape index (κ1) is 7.80. The van der Waals surface area contributed by atoms with Gasteiger partial charge in [0, 0.05) is 12.8 Å². The van der Waals surface area contributed by atoms with Crippen LogP contribution in [0.2, 0.25) is 0 Å². The van der Waals surface area contributed by atoms with E-state index in [9.17, 15) is 0 Å². The van der Waals surface area contributed by atoms with E-state index < -0.39 is 0 Å². The average molecular weight is 140 g/mol. The number of hydrogen-bond donors (Lipinski definition) is 1. The van der Waals surface area contributed by atoms with Crippen LogP contribution in [0.1, 0.15) is 26.2 Å². The summed E-state index contributed by atoms with van der Waals surface area (Å²) in [6, 6.07) is 0.929. The first-order chi connectivity index (χ1) is 4.88. The average Bonchev–Trinajstić information content (AvgIpc) is 2.36. The first-order valence-electron chi connectivity index (χ1n) is 4.34. The van der Waals surface area contributed by atoms with E-state index in [0.29, 0.717) is 0 Å². The van der Waals surface area contributed by atoms with Gasteiger partial charge in [-0.25, -0.2) is 0 Å². The lowest BCUT2D eigenvalue weighted by Crippen LogP contribution is -3.13. The van der Waals surface area contributed by atoms with E-state index >= 15 is 0 Å². The minimum atomic E-state index is 0.929. The minimum Gasteiger partial charge on any atom is -0.329 e. The zero-order valence-electron chi connectivity index (χ0n) is 6.90. The Hall–Kier alpha value is -0.300. The van der Waals surface area contributed by atoms with E-state index in [2.05, 4.69) is 13.5 Å². The molecule has 0 aromatic carbocycles. The Morgan fingerprint density at radius 2 is 2.50 bits per heavy atom. The molecule has 58 valence electrons. The number of rotatable bonds is 3. The molecule has 0 radical (unpaired) electrons. The van der Waals surface area contributed by atoms with Crippen molar-refractivity contribution in [3.63, 3.8) is 0 Å². The van der Waals surface area contributed by atoms with E-state index in [-0.39, 0.29) is 0 Å². The molecule has 0 saturated carbocycles. The van der Waals surface area contributed by atoms with Crippen LogP contribution in [-0.4, -0.2) is 19.1 Å². The highest BCUT2D eigenvalue weighted by Gasteiger charge is 2.24. The van der Waals surface area contributed by atoms with Crippen LogP contribution in [0, 0.1) is 0 Å². The maximum atomic E-state index is 3.77. The molecule has 1 N–H and O–H groups in total. The highest BCUT2D eigenvalue weighted by molar-refractivity contribution is 4.67. The van der Waals surface area contributed by atoms with Crippen LogP contribution in [0.5, 0.6) is 0 Å². The molecule has 0 bridgehead atoms. The summed E-state index contributed by atoms with van der Waals surface area (Å²) in [7, 11) is 0. The molecule has 1 saturated heterocycles. The standard InChI is InChI=1S/C9H17N/c1-3-7-10-8-5-6-9(10)4-2/h3,9H,1,4-8H2,2H3/p+1. The SMILES string of the molecule is C=CC[NH+]1CCCC1CC. The fourth-order valence-electron chi connectivity index (χ4n) is 1.93. The summed E-state index contributed by atoms with van der Waals surface area (Å²) in [5.74, 6) is 0. The van der Waals surface area contributed by atoms with E-state index in [1.54, 1.807) is 4.90 Å². The van der Waals surface area contributed by atoms with E-state index in [1.165, 1.54) is 32.4 Å². The molecular formula is C9H18N+. The summed E-state index contributed by atoms with van der Waals surface area (Å²) >= 11 is 0. The largest absolute Gasteiger partial charge is 0.329 e. The van der Waals surface area contributed by atoms with Crippen molar-refractivity contribution in [2.24, 2.45) is 0 Å². The predicted molar refractivity (Wildman–Crippen MR) is 44.2 cm³/mol. The second-order valence-electron chi connectivity index (χ2n) is 3.15. The Kier molecular flexibility index (Phi) is 2.94. The molecule has 10 heavy (non-hydrogen) atoms. The van der Waals surface area contributed by atoms with E-state index in [0.717, 1.165) is 6.04 Å². The third-order valence-corrected chi connectivity index (χ3v) is 2.53. The van der Waals surface area contributed by atoms with Crippen molar-refractivity contribution in [1.82, 2.24) is 0 Å². The third-order valence-electron chi connectivity index (χ3n) is 2.53. The molecule has 2 unspecified atom stereocenters. The Morgan fingerprint density at radius 1 is 1.70 bits per heavy atom. The third kappa shape index (κ3) is 1.60. The number of nitrogens with one attached hydrogen (secondary N) is 1. The van der Waals surface area contributed by atoms with Crippen LogP contribution >= 0.6 is 0 Å². The van der Waals surface area contributed by atoms with Gasteiger partial charge in [0.25, 0.3) is 0 Å². The molecule has 0 aromatic heterocycles. The van der Waals surface area contributed by atoms with Gasteiger partial charge in [-0.2, -0.15) is 0 Å². The Bertz CT molecular complexity index is 109. The van der Waals surface area contributed by atoms with Crippen molar-refractivity contribution in [2.75, 3.05) is 13.1 Å². The quantitative estimate of drug-likeness (QED) is 0.548. The van der Waals surface area contributed by atoms with Gasteiger partial charge in [0.05, 0.1) is 19.1 Å². The molecule has 1 nitrogen and oxygen atoms in total. The van der Waals surface area contributed by atoms with Crippen molar-refractivity contribution in [2.45, 2.75) is 32.2 Å². The molecule has 0 spiro atoms. The maximum Gasteiger partial charge on any atom is 0.0957 e. The number of hydrogen-bond acceptors (Lipinski definition) is 0. The molecule has 2 atom stereocenters. The highest BCUT2D eigenvalue weighted by Crippen LogP contribution is 2.02. The molecule has 0 aromatic rings. The Balaban J connectivity index is 2.34. The zero-order valence-corrected chi connectivity index (χ0v) is 6.90. The van der Waals surface area contributed by atoms with Gasteiger partial charge in [-0.3, -0.25) is 0 Å². The van der Waals surface area contributed by atoms with Gasteiger partial charge in [0.15, 0.2) is 0 Å². The Labute approximate surface area is 63.7 Å². The maximum absolute atomic E-state index is 3.77. The molecule has 1 heterocycles. The van der Waals surface area contributed by atoms with Gasteiger partial charge in [-0.1, -0.05) is 13.5 Å². The molecule has 0 amide bonds. The topological polar surface area (TPSA) is 4.44 Å². The van der Waals surface area contributed by atoms with Crippen molar-refractivity contribution >= 4 is 0 Å². The summed E-state index contributed by atoms with van der Waals surface area (Å²) in [5.41, 5.74) is 0. The van der Waals surface area contributed by atoms with E-state index in [4.69, 9.17) is 0 Å². The number of likely N-dealkylation sites (tertiary alicyclic amines) is 1. The van der Waals surface area contributed by atoms with Crippen LogP contribution in [0.3, 0.4) is 0 Å². The van der Waals surface area contributed by atoms with Crippen molar-refractivity contribution < 1.29 is 4.90 Å². The molecule has 1 heteroatoms. The first-order valence-corrected chi connectivity index (χ1v) is 4.34. The van der Waals surface area contributed by atoms with Crippen LogP contribution in [0.25, 0.3) is 0 Å². The van der Waals surface area contributed by atoms with Crippen molar-refractivity contribution in [3.8, 4) is 0 Å². The highest BCUT2D eigenvalue weighted by atomic mass is 15.2. The lowest BCUT2D eigenvalue weighted by Gasteiger charge is -2.17. The van der Waals surface area contributed by atoms with Gasteiger partial charge in [-0.05, 0) is 12.5 Å². The Morgan fingerprint density at radius 3 is 3.10 bits per heavy atom. The van der Waals surface area contributed by atoms with Gasteiger partial charge in [0.1, 0.15) is 0 Å². The second kappa shape index (κ2) is 3.77. The normalized spacial score (nSPS) is 32.5. The van der Waals surface area contributed by atoms with Gasteiger partial charge < -0.3 is 4.90 Å².